The van der Waals surface area contributed by atoms with E-state index in [1.807, 2.05) is 20.8 Å². The van der Waals surface area contributed by atoms with Crippen LogP contribution in [-0.4, -0.2) is 51.2 Å². The van der Waals surface area contributed by atoms with E-state index in [0.29, 0.717) is 18.2 Å². The van der Waals surface area contributed by atoms with Gasteiger partial charge in [-0.05, 0) is 38.5 Å². The van der Waals surface area contributed by atoms with Crippen molar-refractivity contribution in [1.29, 1.82) is 0 Å². The summed E-state index contributed by atoms with van der Waals surface area (Å²) < 4.78 is 5.39. The summed E-state index contributed by atoms with van der Waals surface area (Å²) in [6, 6.07) is 6.15. The Balaban J connectivity index is 1.84. The van der Waals surface area contributed by atoms with Crippen LogP contribution in [0.5, 0.6) is 0 Å². The van der Waals surface area contributed by atoms with E-state index in [4.69, 9.17) is 9.84 Å². The second-order valence-electron chi connectivity index (χ2n) is 7.09. The van der Waals surface area contributed by atoms with Gasteiger partial charge >= 0.3 is 12.1 Å². The molecule has 0 saturated carbocycles. The largest absolute Gasteiger partial charge is 0.478 e. The van der Waals surface area contributed by atoms with E-state index in [1.54, 1.807) is 28.8 Å². The number of ether oxygens (including phenoxy) is 1. The van der Waals surface area contributed by atoms with Gasteiger partial charge in [0.1, 0.15) is 5.60 Å². The molecule has 0 aliphatic carbocycles. The number of carboxylic acid groups (broad SMARTS) is 1. The number of aromatic carboxylic acids is 1. The minimum Gasteiger partial charge on any atom is -0.478 e. The van der Waals surface area contributed by atoms with Crippen LogP contribution in [-0.2, 0) is 16.1 Å². The fourth-order valence-corrected chi connectivity index (χ4v) is 3.61. The summed E-state index contributed by atoms with van der Waals surface area (Å²) in [7, 11) is 0. The molecule has 142 valence electrons. The van der Waals surface area contributed by atoms with E-state index in [1.165, 1.54) is 12.1 Å². The maximum Gasteiger partial charge on any atom is 0.411 e. The van der Waals surface area contributed by atoms with Crippen molar-refractivity contribution in [2.75, 3.05) is 11.6 Å². The van der Waals surface area contributed by atoms with Gasteiger partial charge in [0.05, 0.1) is 17.5 Å². The van der Waals surface area contributed by atoms with Crippen LogP contribution < -0.4 is 5.32 Å². The van der Waals surface area contributed by atoms with Crippen LogP contribution in [0.4, 0.5) is 4.79 Å². The lowest BCUT2D eigenvalue weighted by Gasteiger charge is -2.27. The molecule has 1 fully saturated rings. The number of carboxylic acids is 1. The summed E-state index contributed by atoms with van der Waals surface area (Å²) in [4.78, 5) is 36.9. The van der Waals surface area contributed by atoms with Crippen LogP contribution in [0.15, 0.2) is 24.3 Å². The van der Waals surface area contributed by atoms with Crippen LogP contribution in [0.1, 0.15) is 43.1 Å². The lowest BCUT2D eigenvalue weighted by molar-refractivity contribution is -0.122. The third-order valence-electron chi connectivity index (χ3n) is 3.72. The highest BCUT2D eigenvalue weighted by Gasteiger charge is 2.33. The maximum absolute atomic E-state index is 12.2. The maximum atomic E-state index is 12.2. The Morgan fingerprint density at radius 2 is 1.92 bits per heavy atom. The summed E-state index contributed by atoms with van der Waals surface area (Å²) in [5, 5.41) is 11.7. The standard InChI is InChI=1S/C18H24N2O5S/c1-18(2,3)25-17(24)20-11-26-10-14(20)8-15(21)19-9-12-4-6-13(7-5-12)16(22)23/h4-7,14H,8-11H2,1-3H3,(H,19,21)(H,22,23)/t14-/m0/s1. The second-order valence-corrected chi connectivity index (χ2v) is 8.09. The fraction of sp³-hybridized carbons (Fsp3) is 0.500. The molecule has 2 rings (SSSR count). The van der Waals surface area contributed by atoms with Crippen molar-refractivity contribution in [3.63, 3.8) is 0 Å². The first-order chi connectivity index (χ1) is 12.2. The van der Waals surface area contributed by atoms with Crippen molar-refractivity contribution >= 4 is 29.7 Å². The Kier molecular flexibility index (Phi) is 6.52. The van der Waals surface area contributed by atoms with Crippen LogP contribution >= 0.6 is 11.8 Å². The molecule has 0 bridgehead atoms. The molecule has 1 aromatic rings. The van der Waals surface area contributed by atoms with Gasteiger partial charge in [-0.3, -0.25) is 9.69 Å². The fourth-order valence-electron chi connectivity index (χ4n) is 2.43. The topological polar surface area (TPSA) is 95.9 Å². The second kappa shape index (κ2) is 8.44. The summed E-state index contributed by atoms with van der Waals surface area (Å²) in [6.45, 7) is 5.74. The molecule has 1 aliphatic heterocycles. The number of carbonyl (C=O) groups excluding carboxylic acids is 2. The average molecular weight is 380 g/mol. The molecular formula is C18H24N2O5S. The molecule has 1 heterocycles. The Morgan fingerprint density at radius 1 is 1.27 bits per heavy atom. The number of nitrogens with one attached hydrogen (secondary N) is 1. The van der Waals surface area contributed by atoms with E-state index in [2.05, 4.69) is 5.32 Å². The highest BCUT2D eigenvalue weighted by molar-refractivity contribution is 7.99. The quantitative estimate of drug-likeness (QED) is 0.815. The zero-order valence-electron chi connectivity index (χ0n) is 15.2. The first kappa shape index (κ1) is 20.1. The molecule has 1 saturated heterocycles. The molecule has 2 amide bonds. The monoisotopic (exact) mass is 380 g/mol. The molecule has 7 nitrogen and oxygen atoms in total. The highest BCUT2D eigenvalue weighted by atomic mass is 32.2. The van der Waals surface area contributed by atoms with Gasteiger partial charge in [0.2, 0.25) is 5.91 Å². The lowest BCUT2D eigenvalue weighted by Crippen LogP contribution is -2.42. The number of carbonyl (C=O) groups is 3. The van der Waals surface area contributed by atoms with E-state index < -0.39 is 17.7 Å². The third kappa shape index (κ3) is 5.94. The van der Waals surface area contributed by atoms with Crippen LogP contribution in [0.2, 0.25) is 0 Å². The Bertz CT molecular complexity index is 669. The smallest absolute Gasteiger partial charge is 0.411 e. The molecule has 0 radical (unpaired) electrons. The molecule has 0 spiro atoms. The molecule has 1 atom stereocenters. The Labute approximate surface area is 157 Å². The first-order valence-electron chi connectivity index (χ1n) is 8.32. The van der Waals surface area contributed by atoms with Gasteiger partial charge in [-0.2, -0.15) is 0 Å². The van der Waals surface area contributed by atoms with Gasteiger partial charge in [0.25, 0.3) is 0 Å². The molecule has 1 aliphatic rings. The summed E-state index contributed by atoms with van der Waals surface area (Å²) in [5.74, 6) is 0.0682. The van der Waals surface area contributed by atoms with Gasteiger partial charge < -0.3 is 15.2 Å². The van der Waals surface area contributed by atoms with Gasteiger partial charge in [0, 0.05) is 18.7 Å². The predicted molar refractivity (Wildman–Crippen MR) is 99.1 cm³/mol. The van der Waals surface area contributed by atoms with Crippen molar-refractivity contribution in [1.82, 2.24) is 10.2 Å². The van der Waals surface area contributed by atoms with Crippen molar-refractivity contribution in [3.8, 4) is 0 Å². The molecular weight excluding hydrogens is 356 g/mol. The van der Waals surface area contributed by atoms with Crippen LogP contribution in [0.25, 0.3) is 0 Å². The summed E-state index contributed by atoms with van der Waals surface area (Å²) in [6.07, 6.45) is -0.191. The van der Waals surface area contributed by atoms with Crippen molar-refractivity contribution < 1.29 is 24.2 Å². The van der Waals surface area contributed by atoms with Crippen molar-refractivity contribution in [2.45, 2.75) is 45.4 Å². The number of benzene rings is 1. The zero-order valence-corrected chi connectivity index (χ0v) is 16.0. The van der Waals surface area contributed by atoms with Crippen LogP contribution in [0, 0.1) is 0 Å². The molecule has 0 aromatic heterocycles. The number of nitrogens with zero attached hydrogens (tertiary/aromatic N) is 1. The van der Waals surface area contributed by atoms with Gasteiger partial charge in [-0.15, -0.1) is 11.8 Å². The van der Waals surface area contributed by atoms with Gasteiger partial charge in [-0.1, -0.05) is 12.1 Å². The summed E-state index contributed by atoms with van der Waals surface area (Å²) in [5.41, 5.74) is 0.448. The van der Waals surface area contributed by atoms with E-state index in [-0.39, 0.29) is 23.9 Å². The van der Waals surface area contributed by atoms with E-state index >= 15 is 0 Å². The molecule has 2 N–H and O–H groups in total. The first-order valence-corrected chi connectivity index (χ1v) is 9.47. The SMILES string of the molecule is CC(C)(C)OC(=O)N1CSC[C@@H]1CC(=O)NCc1ccc(C(=O)O)cc1. The molecule has 0 unspecified atom stereocenters. The Morgan fingerprint density at radius 3 is 2.50 bits per heavy atom. The number of amides is 2. The van der Waals surface area contributed by atoms with Gasteiger partial charge in [0.15, 0.2) is 0 Å². The normalized spacial score (nSPS) is 17.0. The van der Waals surface area contributed by atoms with Crippen LogP contribution in [0.3, 0.4) is 0 Å². The third-order valence-corrected chi connectivity index (χ3v) is 4.80. The number of hydrogen-bond donors (Lipinski definition) is 2. The summed E-state index contributed by atoms with van der Waals surface area (Å²) >= 11 is 1.59. The van der Waals surface area contributed by atoms with Gasteiger partial charge in [-0.25, -0.2) is 9.59 Å². The number of hydrogen-bond acceptors (Lipinski definition) is 5. The average Bonchev–Trinajstić information content (AvgIpc) is 3.00. The predicted octanol–water partition coefficient (Wildman–Crippen LogP) is 2.70. The van der Waals surface area contributed by atoms with E-state index in [9.17, 15) is 14.4 Å². The van der Waals surface area contributed by atoms with E-state index in [0.717, 1.165) is 5.56 Å². The zero-order chi connectivity index (χ0) is 19.3. The molecule has 26 heavy (non-hydrogen) atoms. The molecule has 8 heteroatoms. The minimum absolute atomic E-state index is 0.159. The van der Waals surface area contributed by atoms with Crippen molar-refractivity contribution in [3.05, 3.63) is 35.4 Å². The molecule has 1 aromatic carbocycles. The number of rotatable bonds is 5. The highest BCUT2D eigenvalue weighted by Crippen LogP contribution is 2.25. The minimum atomic E-state index is -0.985. The van der Waals surface area contributed by atoms with Crippen molar-refractivity contribution in [2.24, 2.45) is 0 Å². The lowest BCUT2D eigenvalue weighted by atomic mass is 10.1. The number of thioether (sulfide) groups is 1. The Hall–Kier alpha value is -2.22.